The minimum Gasteiger partial charge on any atom is -0.465 e. The third-order valence-corrected chi connectivity index (χ3v) is 7.32. The number of hydrogen-bond donors (Lipinski definition) is 0. The molecule has 1 fully saturated rings. The molecule has 2 heterocycles. The molecular weight excluding hydrogens is 464 g/mol. The Labute approximate surface area is 218 Å². The second kappa shape index (κ2) is 10.1. The molecule has 2 aromatic carbocycles. The van der Waals surface area contributed by atoms with Crippen LogP contribution in [-0.2, 0) is 16.0 Å². The van der Waals surface area contributed by atoms with Gasteiger partial charge in [-0.1, -0.05) is 49.6 Å². The van der Waals surface area contributed by atoms with Crippen molar-refractivity contribution in [3.8, 4) is 11.3 Å². The first-order valence-electron chi connectivity index (χ1n) is 13.3. The Morgan fingerprint density at radius 3 is 2.49 bits per heavy atom. The number of para-hydroxylation sites is 1. The molecular formula is C31H36N2O4. The molecule has 3 aromatic rings. The van der Waals surface area contributed by atoms with E-state index < -0.39 is 11.7 Å². The fourth-order valence-corrected chi connectivity index (χ4v) is 5.77. The smallest absolute Gasteiger partial charge is 0.418 e. The van der Waals surface area contributed by atoms with Gasteiger partial charge in [-0.25, -0.2) is 9.59 Å². The van der Waals surface area contributed by atoms with Gasteiger partial charge < -0.3 is 14.0 Å². The molecule has 1 amide bonds. The first-order chi connectivity index (χ1) is 17.8. The third kappa shape index (κ3) is 4.89. The second-order valence-electron chi connectivity index (χ2n) is 11.0. The van der Waals surface area contributed by atoms with Crippen molar-refractivity contribution in [3.05, 3.63) is 65.9 Å². The van der Waals surface area contributed by atoms with Crippen LogP contribution in [0.25, 0.3) is 22.2 Å². The number of amides is 1. The van der Waals surface area contributed by atoms with Gasteiger partial charge in [-0.05, 0) is 69.7 Å². The number of aromatic nitrogens is 1. The normalized spacial score (nSPS) is 17.2. The van der Waals surface area contributed by atoms with E-state index in [1.54, 1.807) is 4.90 Å². The monoisotopic (exact) mass is 500 g/mol. The number of aryl methyl sites for hydroxylation is 1. The fraction of sp³-hybridized carbons (Fsp3) is 0.419. The van der Waals surface area contributed by atoms with Gasteiger partial charge >= 0.3 is 12.1 Å². The third-order valence-electron chi connectivity index (χ3n) is 7.32. The largest absolute Gasteiger partial charge is 0.465 e. The lowest BCUT2D eigenvalue weighted by atomic mass is 9.81. The maximum atomic E-state index is 13.4. The fourth-order valence-electron chi connectivity index (χ4n) is 5.77. The zero-order chi connectivity index (χ0) is 26.2. The van der Waals surface area contributed by atoms with Crippen molar-refractivity contribution in [1.29, 1.82) is 0 Å². The lowest BCUT2D eigenvalue weighted by Gasteiger charge is -2.28. The second-order valence-corrected chi connectivity index (χ2v) is 11.0. The summed E-state index contributed by atoms with van der Waals surface area (Å²) in [5, 5.41) is 1.18. The molecule has 6 heteroatoms. The van der Waals surface area contributed by atoms with Crippen LogP contribution in [0.3, 0.4) is 0 Å². The summed E-state index contributed by atoms with van der Waals surface area (Å²) in [5.41, 5.74) is 5.23. The van der Waals surface area contributed by atoms with Gasteiger partial charge in [-0.2, -0.15) is 0 Å². The van der Waals surface area contributed by atoms with Gasteiger partial charge in [0.2, 0.25) is 0 Å². The van der Waals surface area contributed by atoms with E-state index in [-0.39, 0.29) is 5.97 Å². The molecule has 0 unspecified atom stereocenters. The lowest BCUT2D eigenvalue weighted by Crippen LogP contribution is -2.33. The maximum Gasteiger partial charge on any atom is 0.418 e. The van der Waals surface area contributed by atoms with E-state index in [4.69, 9.17) is 9.47 Å². The van der Waals surface area contributed by atoms with E-state index >= 15 is 0 Å². The predicted molar refractivity (Wildman–Crippen MR) is 147 cm³/mol. The first-order valence-corrected chi connectivity index (χ1v) is 13.3. The van der Waals surface area contributed by atoms with Crippen molar-refractivity contribution in [3.63, 3.8) is 0 Å². The Morgan fingerprint density at radius 1 is 1.00 bits per heavy atom. The molecule has 1 aliphatic carbocycles. The van der Waals surface area contributed by atoms with Crippen molar-refractivity contribution >= 4 is 28.7 Å². The predicted octanol–water partition coefficient (Wildman–Crippen LogP) is 7.80. The lowest BCUT2D eigenvalue weighted by molar-refractivity contribution is 0.0588. The summed E-state index contributed by atoms with van der Waals surface area (Å²) in [7, 11) is 1.42. The Kier molecular flexibility index (Phi) is 6.84. The Hall–Kier alpha value is -3.54. The highest BCUT2D eigenvalue weighted by Crippen LogP contribution is 2.47. The number of hydrogen-bond acceptors (Lipinski definition) is 4. The molecule has 0 radical (unpaired) electrons. The number of allylic oxidation sites excluding steroid dienone is 1. The average Bonchev–Trinajstić information content (AvgIpc) is 3.23. The number of methoxy groups -OCH3 is 1. The van der Waals surface area contributed by atoms with Crippen molar-refractivity contribution in [2.24, 2.45) is 0 Å². The maximum absolute atomic E-state index is 13.4. The van der Waals surface area contributed by atoms with Gasteiger partial charge in [0, 0.05) is 29.2 Å². The highest BCUT2D eigenvalue weighted by atomic mass is 16.6. The van der Waals surface area contributed by atoms with Crippen LogP contribution < -0.4 is 4.90 Å². The Bertz CT molecular complexity index is 1360. The van der Waals surface area contributed by atoms with Crippen molar-refractivity contribution < 1.29 is 19.1 Å². The van der Waals surface area contributed by atoms with Crippen LogP contribution in [-0.4, -0.2) is 29.3 Å². The van der Waals surface area contributed by atoms with Crippen molar-refractivity contribution in [1.82, 2.24) is 4.57 Å². The number of esters is 1. The number of fused-ring (bicyclic) bond motifs is 5. The van der Waals surface area contributed by atoms with E-state index in [0.29, 0.717) is 11.5 Å². The first kappa shape index (κ1) is 25.1. The summed E-state index contributed by atoms with van der Waals surface area (Å²) in [6.07, 6.45) is 10.2. The Balaban J connectivity index is 1.78. The van der Waals surface area contributed by atoms with Crippen LogP contribution in [0.15, 0.2) is 54.7 Å². The molecule has 2 aliphatic rings. The number of ether oxygens (including phenoxy) is 2. The standard InChI is InChI=1S/C31H36N2O4/c1-31(2,3)37-30(35)33-19-11-10-18-32-26-20-22(29(34)36-4)16-17-23(26)27(21-12-6-5-7-13-21)28(32)24-14-8-9-15-25(24)33/h8-9,11,14-17,19-21H,5-7,10,12-13,18H2,1-4H3/b19-11-. The minimum atomic E-state index is -0.606. The summed E-state index contributed by atoms with van der Waals surface area (Å²) in [5.74, 6) is 0.0874. The number of rotatable bonds is 2. The molecule has 0 bridgehead atoms. The Morgan fingerprint density at radius 2 is 1.76 bits per heavy atom. The van der Waals surface area contributed by atoms with Crippen LogP contribution in [0.1, 0.15) is 81.1 Å². The number of nitrogens with zero attached hydrogens (tertiary/aromatic N) is 2. The van der Waals surface area contributed by atoms with E-state index in [2.05, 4.69) is 16.7 Å². The van der Waals surface area contributed by atoms with E-state index in [9.17, 15) is 9.59 Å². The molecule has 37 heavy (non-hydrogen) atoms. The minimum absolute atomic E-state index is 0.337. The van der Waals surface area contributed by atoms with Gasteiger partial charge in [0.05, 0.1) is 24.1 Å². The van der Waals surface area contributed by atoms with Gasteiger partial charge in [-0.3, -0.25) is 4.90 Å². The van der Waals surface area contributed by atoms with Crippen LogP contribution in [0.2, 0.25) is 0 Å². The molecule has 0 saturated heterocycles. The zero-order valence-electron chi connectivity index (χ0n) is 22.3. The van der Waals surface area contributed by atoms with Crippen LogP contribution in [0.4, 0.5) is 10.5 Å². The van der Waals surface area contributed by atoms with Gasteiger partial charge in [0.1, 0.15) is 5.60 Å². The molecule has 0 N–H and O–H groups in total. The van der Waals surface area contributed by atoms with Crippen LogP contribution >= 0.6 is 0 Å². The zero-order valence-corrected chi connectivity index (χ0v) is 22.3. The summed E-state index contributed by atoms with van der Waals surface area (Å²) in [6.45, 7) is 6.38. The highest BCUT2D eigenvalue weighted by molar-refractivity contribution is 6.02. The molecule has 194 valence electrons. The topological polar surface area (TPSA) is 60.8 Å². The highest BCUT2D eigenvalue weighted by Gasteiger charge is 2.31. The van der Waals surface area contributed by atoms with E-state index in [1.807, 2.05) is 63.4 Å². The molecule has 1 saturated carbocycles. The van der Waals surface area contributed by atoms with Crippen molar-refractivity contribution in [2.75, 3.05) is 12.0 Å². The quantitative estimate of drug-likeness (QED) is 0.337. The van der Waals surface area contributed by atoms with Gasteiger partial charge in [0.25, 0.3) is 0 Å². The van der Waals surface area contributed by atoms with Gasteiger partial charge in [-0.15, -0.1) is 0 Å². The number of anilines is 1. The van der Waals surface area contributed by atoms with Gasteiger partial charge in [0.15, 0.2) is 0 Å². The van der Waals surface area contributed by atoms with E-state index in [0.717, 1.165) is 48.3 Å². The number of benzene rings is 2. The molecule has 0 atom stereocenters. The summed E-state index contributed by atoms with van der Waals surface area (Å²) in [4.78, 5) is 27.5. The molecule has 0 spiro atoms. The summed E-state index contributed by atoms with van der Waals surface area (Å²) >= 11 is 0. The SMILES string of the molecule is COC(=O)c1ccc2c(C3CCCCC3)c3n(c2c1)CC/C=C\N(C(=O)OC(C)(C)C)c1ccccc1-3. The van der Waals surface area contributed by atoms with Crippen LogP contribution in [0, 0.1) is 0 Å². The van der Waals surface area contributed by atoms with E-state index in [1.165, 1.54) is 37.3 Å². The van der Waals surface area contributed by atoms with Crippen LogP contribution in [0.5, 0.6) is 0 Å². The summed E-state index contributed by atoms with van der Waals surface area (Å²) < 4.78 is 13.2. The number of carbonyl (C=O) groups is 2. The molecule has 1 aromatic heterocycles. The van der Waals surface area contributed by atoms with Crippen molar-refractivity contribution in [2.45, 2.75) is 77.4 Å². The summed E-state index contributed by atoms with van der Waals surface area (Å²) in [6, 6.07) is 14.0. The molecule has 1 aliphatic heterocycles. The molecule has 5 rings (SSSR count). The number of carbonyl (C=O) groups excluding carboxylic acids is 2. The molecule has 6 nitrogen and oxygen atoms in total. The average molecular weight is 501 g/mol.